The van der Waals surface area contributed by atoms with Gasteiger partial charge in [0.05, 0.1) is 5.69 Å². The number of ether oxygens (including phenoxy) is 1. The molecule has 0 saturated heterocycles. The van der Waals surface area contributed by atoms with Gasteiger partial charge in [0, 0.05) is 11.0 Å². The van der Waals surface area contributed by atoms with Gasteiger partial charge < -0.3 is 4.74 Å². The molecule has 0 bridgehead atoms. The molecule has 0 aromatic heterocycles. The molecule has 2 nitrogen and oxygen atoms in total. The van der Waals surface area contributed by atoms with Gasteiger partial charge in [0.25, 0.3) is 0 Å². The van der Waals surface area contributed by atoms with Crippen molar-refractivity contribution in [3.05, 3.63) is 101 Å². The van der Waals surface area contributed by atoms with Crippen LogP contribution in [0.15, 0.2) is 100 Å². The van der Waals surface area contributed by atoms with E-state index in [4.69, 9.17) is 4.74 Å². The molecule has 26 heavy (non-hydrogen) atoms. The Morgan fingerprint density at radius 2 is 1.58 bits per heavy atom. The normalized spacial score (nSPS) is 11.7. The fourth-order valence-corrected chi connectivity index (χ4v) is 3.15. The van der Waals surface area contributed by atoms with E-state index in [0.29, 0.717) is 5.90 Å². The van der Waals surface area contributed by atoms with Crippen LogP contribution >= 0.6 is 11.8 Å². The summed E-state index contributed by atoms with van der Waals surface area (Å²) >= 11 is 1.66. The third-order valence-electron chi connectivity index (χ3n) is 3.70. The fourth-order valence-electron chi connectivity index (χ4n) is 2.43. The van der Waals surface area contributed by atoms with Crippen LogP contribution in [-0.2, 0) is 0 Å². The van der Waals surface area contributed by atoms with Crippen molar-refractivity contribution in [2.24, 2.45) is 4.99 Å². The predicted molar refractivity (Wildman–Crippen MR) is 112 cm³/mol. The number of nitrogens with zero attached hydrogens (tertiary/aromatic N) is 1. The highest BCUT2D eigenvalue weighted by molar-refractivity contribution is 8.02. The number of para-hydroxylation sites is 2. The molecule has 3 aromatic rings. The van der Waals surface area contributed by atoms with Crippen LogP contribution in [0.5, 0.6) is 5.75 Å². The number of aliphatic imine (C=N–C) groups is 1. The molecule has 0 amide bonds. The van der Waals surface area contributed by atoms with Crippen LogP contribution in [-0.4, -0.2) is 5.90 Å². The largest absolute Gasteiger partial charge is 0.439 e. The van der Waals surface area contributed by atoms with Gasteiger partial charge in [-0.2, -0.15) is 0 Å². The maximum absolute atomic E-state index is 5.96. The highest BCUT2D eigenvalue weighted by Gasteiger charge is 2.01. The van der Waals surface area contributed by atoms with Crippen molar-refractivity contribution in [1.29, 1.82) is 0 Å². The Bertz CT molecular complexity index is 902. The van der Waals surface area contributed by atoms with Crippen molar-refractivity contribution in [1.82, 2.24) is 0 Å². The van der Waals surface area contributed by atoms with E-state index >= 15 is 0 Å². The molecule has 0 unspecified atom stereocenters. The molecule has 0 aliphatic heterocycles. The third-order valence-corrected chi connectivity index (χ3v) is 4.68. The van der Waals surface area contributed by atoms with Crippen LogP contribution in [0.1, 0.15) is 11.1 Å². The summed E-state index contributed by atoms with van der Waals surface area (Å²) in [4.78, 5) is 5.84. The quantitative estimate of drug-likeness (QED) is 0.286. The second kappa shape index (κ2) is 9.07. The zero-order valence-electron chi connectivity index (χ0n) is 14.9. The highest BCUT2D eigenvalue weighted by Crippen LogP contribution is 2.24. The molecule has 0 saturated carbocycles. The molecule has 3 heteroatoms. The van der Waals surface area contributed by atoms with Crippen molar-refractivity contribution >= 4 is 23.3 Å². The van der Waals surface area contributed by atoms with E-state index < -0.39 is 0 Å². The minimum Gasteiger partial charge on any atom is -0.439 e. The fraction of sp³-hybridized carbons (Fsp3) is 0.0870. The summed E-state index contributed by atoms with van der Waals surface area (Å²) < 4.78 is 5.96. The monoisotopic (exact) mass is 359 g/mol. The molecule has 3 rings (SSSR count). The van der Waals surface area contributed by atoms with Crippen molar-refractivity contribution < 1.29 is 4.74 Å². The van der Waals surface area contributed by atoms with Gasteiger partial charge >= 0.3 is 0 Å². The molecule has 0 fully saturated rings. The second-order valence-corrected chi connectivity index (χ2v) is 6.84. The van der Waals surface area contributed by atoms with Gasteiger partial charge in [-0.05, 0) is 55.2 Å². The van der Waals surface area contributed by atoms with Crippen molar-refractivity contribution in [3.8, 4) is 5.75 Å². The standard InChI is InChI=1S/C23H21NOS/c1-18-13-14-22(19(2)17-18)26-16-15-23(24-20-9-5-3-6-10-20)25-21-11-7-4-8-12-21/h3-17H,1-2H3. The zero-order valence-corrected chi connectivity index (χ0v) is 15.7. The Morgan fingerprint density at radius 1 is 0.885 bits per heavy atom. The maximum atomic E-state index is 5.96. The van der Waals surface area contributed by atoms with Gasteiger partial charge in [0.2, 0.25) is 5.90 Å². The van der Waals surface area contributed by atoms with E-state index in [1.807, 2.05) is 72.1 Å². The molecule has 130 valence electrons. The van der Waals surface area contributed by atoms with Crippen molar-refractivity contribution in [3.63, 3.8) is 0 Å². The van der Waals surface area contributed by atoms with E-state index in [9.17, 15) is 0 Å². The summed E-state index contributed by atoms with van der Waals surface area (Å²) in [5.74, 6) is 1.32. The van der Waals surface area contributed by atoms with Gasteiger partial charge in [-0.25, -0.2) is 4.99 Å². The molecular formula is C23H21NOS. The molecule has 0 N–H and O–H groups in total. The molecule has 0 radical (unpaired) electrons. The number of hydrogen-bond donors (Lipinski definition) is 0. The van der Waals surface area contributed by atoms with Crippen LogP contribution in [0, 0.1) is 13.8 Å². The smallest absolute Gasteiger partial charge is 0.220 e. The maximum Gasteiger partial charge on any atom is 0.220 e. The number of thioether (sulfide) groups is 1. The Morgan fingerprint density at radius 3 is 2.27 bits per heavy atom. The summed E-state index contributed by atoms with van der Waals surface area (Å²) in [5.41, 5.74) is 3.40. The summed E-state index contributed by atoms with van der Waals surface area (Å²) in [6, 6.07) is 26.0. The van der Waals surface area contributed by atoms with E-state index in [1.54, 1.807) is 11.8 Å². The summed E-state index contributed by atoms with van der Waals surface area (Å²) in [6.07, 6.45) is 1.91. The minimum atomic E-state index is 0.555. The van der Waals surface area contributed by atoms with Gasteiger partial charge in [-0.3, -0.25) is 0 Å². The summed E-state index contributed by atoms with van der Waals surface area (Å²) in [7, 11) is 0. The number of benzene rings is 3. The molecular weight excluding hydrogens is 338 g/mol. The van der Waals surface area contributed by atoms with Gasteiger partial charge in [0.15, 0.2) is 0 Å². The van der Waals surface area contributed by atoms with Crippen LogP contribution in [0.4, 0.5) is 5.69 Å². The van der Waals surface area contributed by atoms with Gasteiger partial charge in [-0.1, -0.05) is 65.9 Å². The molecule has 0 spiro atoms. The Kier molecular flexibility index (Phi) is 6.29. The third kappa shape index (κ3) is 5.36. The molecule has 0 aliphatic carbocycles. The van der Waals surface area contributed by atoms with E-state index in [0.717, 1.165) is 11.4 Å². The predicted octanol–water partition coefficient (Wildman–Crippen LogP) is 6.72. The lowest BCUT2D eigenvalue weighted by Crippen LogP contribution is -2.04. The Hall–Kier alpha value is -2.78. The SMILES string of the molecule is Cc1ccc(SC=CC(=Nc2ccccc2)Oc2ccccc2)c(C)c1. The molecule has 3 aromatic carbocycles. The first-order valence-corrected chi connectivity index (χ1v) is 9.36. The van der Waals surface area contributed by atoms with Crippen molar-refractivity contribution in [2.45, 2.75) is 18.7 Å². The molecule has 0 aliphatic rings. The van der Waals surface area contributed by atoms with Crippen molar-refractivity contribution in [2.75, 3.05) is 0 Å². The molecule has 0 heterocycles. The topological polar surface area (TPSA) is 21.6 Å². The van der Waals surface area contributed by atoms with Crippen LogP contribution in [0.3, 0.4) is 0 Å². The Balaban J connectivity index is 1.79. The average molecular weight is 359 g/mol. The first-order valence-electron chi connectivity index (χ1n) is 8.48. The minimum absolute atomic E-state index is 0.555. The van der Waals surface area contributed by atoms with Crippen LogP contribution < -0.4 is 4.74 Å². The van der Waals surface area contributed by atoms with Gasteiger partial charge in [-0.15, -0.1) is 0 Å². The van der Waals surface area contributed by atoms with E-state index in [-0.39, 0.29) is 0 Å². The summed E-state index contributed by atoms with van der Waals surface area (Å²) in [6.45, 7) is 4.23. The highest BCUT2D eigenvalue weighted by atomic mass is 32.2. The average Bonchev–Trinajstić information content (AvgIpc) is 2.65. The lowest BCUT2D eigenvalue weighted by atomic mass is 10.2. The number of aryl methyl sites for hydroxylation is 2. The van der Waals surface area contributed by atoms with Crippen LogP contribution in [0.25, 0.3) is 0 Å². The van der Waals surface area contributed by atoms with Gasteiger partial charge in [0.1, 0.15) is 5.75 Å². The number of hydrogen-bond acceptors (Lipinski definition) is 3. The Labute approximate surface area is 159 Å². The first kappa shape index (κ1) is 18.0. The zero-order chi connectivity index (χ0) is 18.2. The van der Waals surface area contributed by atoms with E-state index in [2.05, 4.69) is 37.0 Å². The first-order chi connectivity index (χ1) is 12.7. The summed E-state index contributed by atoms with van der Waals surface area (Å²) in [5, 5.41) is 2.02. The number of rotatable bonds is 5. The molecule has 0 atom stereocenters. The van der Waals surface area contributed by atoms with E-state index in [1.165, 1.54) is 16.0 Å². The lowest BCUT2D eigenvalue weighted by molar-refractivity contribution is 0.556. The second-order valence-electron chi connectivity index (χ2n) is 5.89. The van der Waals surface area contributed by atoms with Crippen LogP contribution in [0.2, 0.25) is 0 Å². The lowest BCUT2D eigenvalue weighted by Gasteiger charge is -2.06.